The van der Waals surface area contributed by atoms with Gasteiger partial charge in [0.25, 0.3) is 0 Å². The summed E-state index contributed by atoms with van der Waals surface area (Å²) in [4.78, 5) is 12.3. The average Bonchev–Trinajstić information content (AvgIpc) is 3.19. The fraction of sp³-hybridized carbons (Fsp3) is 0.933. The van der Waals surface area contributed by atoms with E-state index in [1.165, 1.54) is 12.8 Å². The van der Waals surface area contributed by atoms with Crippen molar-refractivity contribution >= 4 is 5.91 Å². The third-order valence-corrected chi connectivity index (χ3v) is 5.10. The molecule has 0 radical (unpaired) electrons. The highest BCUT2D eigenvalue weighted by Crippen LogP contribution is 2.39. The van der Waals surface area contributed by atoms with Crippen LogP contribution in [0, 0.1) is 17.8 Å². The molecule has 108 valence electrons. The quantitative estimate of drug-likeness (QED) is 0.809. The van der Waals surface area contributed by atoms with Crippen LogP contribution in [0.15, 0.2) is 0 Å². The maximum absolute atomic E-state index is 12.3. The van der Waals surface area contributed by atoms with E-state index < -0.39 is 0 Å². The van der Waals surface area contributed by atoms with Gasteiger partial charge >= 0.3 is 0 Å². The molecule has 2 saturated carbocycles. The summed E-state index contributed by atoms with van der Waals surface area (Å²) in [6.07, 6.45) is 8.08. The van der Waals surface area contributed by atoms with Crippen molar-refractivity contribution in [3.05, 3.63) is 0 Å². The predicted octanol–water partition coefficient (Wildman–Crippen LogP) is 1.44. The Morgan fingerprint density at radius 3 is 2.47 bits per heavy atom. The third kappa shape index (κ3) is 3.11. The smallest absolute Gasteiger partial charge is 0.223 e. The summed E-state index contributed by atoms with van der Waals surface area (Å²) in [7, 11) is 0. The zero-order chi connectivity index (χ0) is 13.2. The first-order valence-corrected chi connectivity index (χ1v) is 7.90. The van der Waals surface area contributed by atoms with Crippen LogP contribution in [-0.2, 0) is 9.53 Å². The van der Waals surface area contributed by atoms with E-state index in [9.17, 15) is 4.79 Å². The Hall–Kier alpha value is -0.610. The number of carbonyl (C=O) groups is 1. The molecule has 2 aliphatic carbocycles. The first-order valence-electron chi connectivity index (χ1n) is 7.90. The lowest BCUT2D eigenvalue weighted by atomic mass is 9.81. The van der Waals surface area contributed by atoms with Gasteiger partial charge in [0.2, 0.25) is 5.91 Å². The molecule has 1 amide bonds. The number of carbonyl (C=O) groups excluding carboxylic acids is 1. The molecule has 19 heavy (non-hydrogen) atoms. The highest BCUT2D eigenvalue weighted by molar-refractivity contribution is 5.79. The molecule has 3 rings (SSSR count). The van der Waals surface area contributed by atoms with Crippen molar-refractivity contribution in [1.82, 2.24) is 5.32 Å². The van der Waals surface area contributed by atoms with E-state index in [-0.39, 0.29) is 17.9 Å². The summed E-state index contributed by atoms with van der Waals surface area (Å²) >= 11 is 0. The van der Waals surface area contributed by atoms with E-state index in [1.54, 1.807) is 0 Å². The number of nitrogens with two attached hydrogens (primary N) is 1. The summed E-state index contributed by atoms with van der Waals surface area (Å²) in [5.41, 5.74) is 5.70. The minimum Gasteiger partial charge on any atom is -0.376 e. The van der Waals surface area contributed by atoms with Crippen molar-refractivity contribution in [1.29, 1.82) is 0 Å². The van der Waals surface area contributed by atoms with Crippen LogP contribution in [0.5, 0.6) is 0 Å². The normalized spacial score (nSPS) is 39.2. The molecule has 3 N–H and O–H groups in total. The SMILES string of the molecule is NCC1CCC(C(=O)NC2CCOC2C2CC2)CC1. The summed E-state index contributed by atoms with van der Waals surface area (Å²) < 4.78 is 5.78. The monoisotopic (exact) mass is 266 g/mol. The first kappa shape index (κ1) is 13.4. The number of ether oxygens (including phenoxy) is 1. The fourth-order valence-corrected chi connectivity index (χ4v) is 3.62. The van der Waals surface area contributed by atoms with E-state index in [0.717, 1.165) is 45.3 Å². The maximum atomic E-state index is 12.3. The van der Waals surface area contributed by atoms with Gasteiger partial charge in [-0.3, -0.25) is 4.79 Å². The number of amides is 1. The van der Waals surface area contributed by atoms with Crippen LogP contribution < -0.4 is 11.1 Å². The molecule has 4 heteroatoms. The van der Waals surface area contributed by atoms with E-state index >= 15 is 0 Å². The lowest BCUT2D eigenvalue weighted by Gasteiger charge is -2.28. The molecule has 0 aromatic carbocycles. The van der Waals surface area contributed by atoms with Crippen LogP contribution in [0.25, 0.3) is 0 Å². The number of nitrogens with one attached hydrogen (secondary N) is 1. The Morgan fingerprint density at radius 2 is 1.84 bits per heavy atom. The molecule has 0 spiro atoms. The summed E-state index contributed by atoms with van der Waals surface area (Å²) in [5.74, 6) is 1.82. The van der Waals surface area contributed by atoms with Gasteiger partial charge in [-0.1, -0.05) is 0 Å². The fourth-order valence-electron chi connectivity index (χ4n) is 3.62. The third-order valence-electron chi connectivity index (χ3n) is 5.10. The summed E-state index contributed by atoms with van der Waals surface area (Å²) in [6, 6.07) is 0.271. The first-order chi connectivity index (χ1) is 9.28. The Morgan fingerprint density at radius 1 is 1.11 bits per heavy atom. The zero-order valence-electron chi connectivity index (χ0n) is 11.6. The van der Waals surface area contributed by atoms with Crippen LogP contribution in [0.2, 0.25) is 0 Å². The highest BCUT2D eigenvalue weighted by Gasteiger charge is 2.41. The summed E-state index contributed by atoms with van der Waals surface area (Å²) in [6.45, 7) is 1.58. The largest absolute Gasteiger partial charge is 0.376 e. The lowest BCUT2D eigenvalue weighted by molar-refractivity contribution is -0.127. The molecule has 0 aromatic rings. The number of hydrogen-bond donors (Lipinski definition) is 2. The lowest BCUT2D eigenvalue weighted by Crippen LogP contribution is -2.45. The molecule has 0 bridgehead atoms. The van der Waals surface area contributed by atoms with Gasteiger partial charge in [0, 0.05) is 12.5 Å². The second-order valence-electron chi connectivity index (χ2n) is 6.53. The van der Waals surface area contributed by atoms with Gasteiger partial charge < -0.3 is 15.8 Å². The van der Waals surface area contributed by atoms with Gasteiger partial charge in [-0.25, -0.2) is 0 Å². The molecule has 0 aromatic heterocycles. The van der Waals surface area contributed by atoms with Crippen LogP contribution in [0.4, 0.5) is 0 Å². The molecular weight excluding hydrogens is 240 g/mol. The highest BCUT2D eigenvalue weighted by atomic mass is 16.5. The molecule has 1 saturated heterocycles. The van der Waals surface area contributed by atoms with Crippen molar-refractivity contribution < 1.29 is 9.53 Å². The van der Waals surface area contributed by atoms with E-state index in [2.05, 4.69) is 5.32 Å². The van der Waals surface area contributed by atoms with Crippen molar-refractivity contribution in [2.24, 2.45) is 23.5 Å². The minimum atomic E-state index is 0.211. The molecule has 4 nitrogen and oxygen atoms in total. The molecule has 3 fully saturated rings. The van der Waals surface area contributed by atoms with Crippen molar-refractivity contribution in [3.8, 4) is 0 Å². The molecule has 3 aliphatic rings. The summed E-state index contributed by atoms with van der Waals surface area (Å²) in [5, 5.41) is 3.26. The molecule has 2 unspecified atom stereocenters. The Labute approximate surface area is 115 Å². The van der Waals surface area contributed by atoms with Crippen LogP contribution in [0.3, 0.4) is 0 Å². The van der Waals surface area contributed by atoms with Crippen molar-refractivity contribution in [2.75, 3.05) is 13.2 Å². The average molecular weight is 266 g/mol. The van der Waals surface area contributed by atoms with Gasteiger partial charge in [0.15, 0.2) is 0 Å². The van der Waals surface area contributed by atoms with E-state index in [0.29, 0.717) is 17.9 Å². The standard InChI is InChI=1S/C15H26N2O2/c16-9-10-1-3-12(4-2-10)15(18)17-13-7-8-19-14(13)11-5-6-11/h10-14H,1-9,16H2,(H,17,18). The van der Waals surface area contributed by atoms with Crippen molar-refractivity contribution in [2.45, 2.75) is 57.1 Å². The molecule has 1 heterocycles. The topological polar surface area (TPSA) is 64.4 Å². The number of rotatable bonds is 4. The van der Waals surface area contributed by atoms with Crippen molar-refractivity contribution in [3.63, 3.8) is 0 Å². The van der Waals surface area contributed by atoms with Crippen LogP contribution >= 0.6 is 0 Å². The molecule has 1 aliphatic heterocycles. The second kappa shape index (κ2) is 5.80. The van der Waals surface area contributed by atoms with Gasteiger partial charge in [-0.05, 0) is 63.3 Å². The minimum absolute atomic E-state index is 0.211. The van der Waals surface area contributed by atoms with Gasteiger partial charge in [0.1, 0.15) is 0 Å². The van der Waals surface area contributed by atoms with Gasteiger partial charge in [0.05, 0.1) is 12.1 Å². The molecule has 2 atom stereocenters. The predicted molar refractivity (Wildman–Crippen MR) is 73.5 cm³/mol. The Bertz CT molecular complexity index is 322. The molecular formula is C15H26N2O2. The van der Waals surface area contributed by atoms with E-state index in [4.69, 9.17) is 10.5 Å². The second-order valence-corrected chi connectivity index (χ2v) is 6.53. The van der Waals surface area contributed by atoms with E-state index in [1.807, 2.05) is 0 Å². The zero-order valence-corrected chi connectivity index (χ0v) is 11.6. The Kier molecular flexibility index (Phi) is 4.08. The maximum Gasteiger partial charge on any atom is 0.223 e. The Balaban J connectivity index is 1.48. The van der Waals surface area contributed by atoms with Crippen LogP contribution in [0.1, 0.15) is 44.9 Å². The van der Waals surface area contributed by atoms with Gasteiger partial charge in [-0.15, -0.1) is 0 Å². The van der Waals surface area contributed by atoms with Crippen LogP contribution in [-0.4, -0.2) is 31.2 Å². The number of hydrogen-bond acceptors (Lipinski definition) is 3. The van der Waals surface area contributed by atoms with Gasteiger partial charge in [-0.2, -0.15) is 0 Å².